The number of benzene rings is 1. The molecule has 1 aliphatic rings. The second kappa shape index (κ2) is 7.27. The summed E-state index contributed by atoms with van der Waals surface area (Å²) in [4.78, 5) is 26.0. The van der Waals surface area contributed by atoms with E-state index in [4.69, 9.17) is 0 Å². The van der Waals surface area contributed by atoms with E-state index in [9.17, 15) is 14.7 Å². The predicted molar refractivity (Wildman–Crippen MR) is 97.2 cm³/mol. The molecule has 2 aromatic rings. The van der Waals surface area contributed by atoms with E-state index in [2.05, 4.69) is 23.7 Å². The van der Waals surface area contributed by atoms with E-state index in [0.717, 1.165) is 30.3 Å². The molecule has 1 saturated heterocycles. The van der Waals surface area contributed by atoms with Gasteiger partial charge in [-0.3, -0.25) is 9.59 Å². The lowest BCUT2D eigenvalue weighted by Gasteiger charge is -2.22. The van der Waals surface area contributed by atoms with Crippen LogP contribution in [0.5, 0.6) is 0 Å². The van der Waals surface area contributed by atoms with E-state index in [0.29, 0.717) is 18.2 Å². The van der Waals surface area contributed by atoms with Crippen molar-refractivity contribution in [1.82, 2.24) is 9.47 Å². The van der Waals surface area contributed by atoms with Gasteiger partial charge >= 0.3 is 11.8 Å². The fourth-order valence-electron chi connectivity index (χ4n) is 3.44. The van der Waals surface area contributed by atoms with Gasteiger partial charge in [0.05, 0.1) is 12.6 Å². The fraction of sp³-hybridized carbons (Fsp3) is 0.474. The Hall–Kier alpha value is -2.34. The van der Waals surface area contributed by atoms with Crippen molar-refractivity contribution in [2.75, 3.05) is 18.5 Å². The van der Waals surface area contributed by atoms with E-state index in [1.165, 1.54) is 4.90 Å². The molecular weight excluding hydrogens is 318 g/mol. The number of nitrogens with one attached hydrogen (secondary N) is 1. The van der Waals surface area contributed by atoms with Crippen molar-refractivity contribution < 1.29 is 14.7 Å². The van der Waals surface area contributed by atoms with Crippen LogP contribution in [0.3, 0.4) is 0 Å². The number of anilines is 1. The first kappa shape index (κ1) is 17.5. The van der Waals surface area contributed by atoms with E-state index in [-0.39, 0.29) is 12.6 Å². The Morgan fingerprint density at radius 1 is 1.32 bits per heavy atom. The minimum absolute atomic E-state index is 0.103. The average Bonchev–Trinajstić information content (AvgIpc) is 3.20. The lowest BCUT2D eigenvalue weighted by atomic mass is 10.2. The van der Waals surface area contributed by atoms with Gasteiger partial charge in [0.15, 0.2) is 0 Å². The summed E-state index contributed by atoms with van der Waals surface area (Å²) in [6.45, 7) is 5.70. The normalized spacial score (nSPS) is 17.4. The number of carbonyl (C=O) groups is 2. The SMILES string of the molecule is CC(C)Cn1ccc2cc(NC(=O)C(=O)N3CCC[C@H]3CO)ccc21. The summed E-state index contributed by atoms with van der Waals surface area (Å²) >= 11 is 0. The number of rotatable bonds is 4. The zero-order chi connectivity index (χ0) is 18.0. The van der Waals surface area contributed by atoms with Crippen molar-refractivity contribution >= 4 is 28.4 Å². The first-order valence-corrected chi connectivity index (χ1v) is 8.81. The third-order valence-corrected chi connectivity index (χ3v) is 4.63. The third-order valence-electron chi connectivity index (χ3n) is 4.63. The number of aliphatic hydroxyl groups excluding tert-OH is 1. The van der Waals surface area contributed by atoms with E-state index in [1.807, 2.05) is 30.5 Å². The third kappa shape index (κ3) is 3.69. The summed E-state index contributed by atoms with van der Waals surface area (Å²) in [5, 5.41) is 13.0. The maximum absolute atomic E-state index is 12.3. The summed E-state index contributed by atoms with van der Waals surface area (Å²) in [7, 11) is 0. The molecular formula is C19H25N3O3. The number of hydrogen-bond acceptors (Lipinski definition) is 3. The maximum Gasteiger partial charge on any atom is 0.313 e. The van der Waals surface area contributed by atoms with Crippen LogP contribution in [0.1, 0.15) is 26.7 Å². The van der Waals surface area contributed by atoms with Gasteiger partial charge in [-0.25, -0.2) is 0 Å². The Morgan fingerprint density at radius 3 is 2.84 bits per heavy atom. The zero-order valence-corrected chi connectivity index (χ0v) is 14.7. The molecule has 1 aliphatic heterocycles. The molecule has 0 saturated carbocycles. The molecule has 3 rings (SSSR count). The lowest BCUT2D eigenvalue weighted by Crippen LogP contribution is -2.43. The second-order valence-corrected chi connectivity index (χ2v) is 7.07. The minimum atomic E-state index is -0.652. The predicted octanol–water partition coefficient (Wildman–Crippen LogP) is 2.22. The molecule has 2 N–H and O–H groups in total. The molecule has 1 fully saturated rings. The highest BCUT2D eigenvalue weighted by Crippen LogP contribution is 2.22. The summed E-state index contributed by atoms with van der Waals surface area (Å²) in [5.74, 6) is -0.678. The highest BCUT2D eigenvalue weighted by atomic mass is 16.3. The van der Waals surface area contributed by atoms with Crippen LogP contribution in [0.2, 0.25) is 0 Å². The monoisotopic (exact) mass is 343 g/mol. The number of hydrogen-bond donors (Lipinski definition) is 2. The molecule has 2 heterocycles. The zero-order valence-electron chi connectivity index (χ0n) is 14.7. The van der Waals surface area contributed by atoms with Gasteiger partial charge in [0.25, 0.3) is 0 Å². The molecule has 6 heteroatoms. The molecule has 1 atom stereocenters. The average molecular weight is 343 g/mol. The smallest absolute Gasteiger partial charge is 0.313 e. The number of likely N-dealkylation sites (tertiary alicyclic amines) is 1. The van der Waals surface area contributed by atoms with Crippen LogP contribution < -0.4 is 5.32 Å². The van der Waals surface area contributed by atoms with Crippen molar-refractivity contribution in [3.8, 4) is 0 Å². The maximum atomic E-state index is 12.3. The molecule has 134 valence electrons. The van der Waals surface area contributed by atoms with Crippen molar-refractivity contribution in [2.45, 2.75) is 39.3 Å². The summed E-state index contributed by atoms with van der Waals surface area (Å²) < 4.78 is 2.19. The van der Waals surface area contributed by atoms with Gasteiger partial charge in [-0.2, -0.15) is 0 Å². The van der Waals surface area contributed by atoms with Crippen LogP contribution in [-0.2, 0) is 16.1 Å². The van der Waals surface area contributed by atoms with Gasteiger partial charge < -0.3 is 19.9 Å². The molecule has 1 aromatic carbocycles. The van der Waals surface area contributed by atoms with Gasteiger partial charge in [-0.15, -0.1) is 0 Å². The van der Waals surface area contributed by atoms with Gasteiger partial charge in [-0.05, 0) is 43.0 Å². The number of amides is 2. The number of carbonyl (C=O) groups excluding carboxylic acids is 2. The standard InChI is InChI=1S/C19H25N3O3/c1-13(2)11-21-9-7-14-10-15(5-6-17(14)21)20-18(24)19(25)22-8-3-4-16(22)12-23/h5-7,9-10,13,16,23H,3-4,8,11-12H2,1-2H3,(H,20,24)/t16-/m0/s1. The van der Waals surface area contributed by atoms with Crippen molar-refractivity contribution in [2.24, 2.45) is 5.92 Å². The van der Waals surface area contributed by atoms with Crippen LogP contribution in [-0.4, -0.2) is 45.6 Å². The van der Waals surface area contributed by atoms with Crippen LogP contribution in [0.25, 0.3) is 10.9 Å². The quantitative estimate of drug-likeness (QED) is 0.836. The first-order chi connectivity index (χ1) is 12.0. The Bertz CT molecular complexity index is 781. The topological polar surface area (TPSA) is 74.6 Å². The largest absolute Gasteiger partial charge is 0.394 e. The Kier molecular flexibility index (Phi) is 5.08. The molecule has 0 bridgehead atoms. The molecule has 0 aliphatic carbocycles. The highest BCUT2D eigenvalue weighted by Gasteiger charge is 2.31. The minimum Gasteiger partial charge on any atom is -0.394 e. The molecule has 0 spiro atoms. The van der Waals surface area contributed by atoms with E-state index < -0.39 is 11.8 Å². The summed E-state index contributed by atoms with van der Waals surface area (Å²) in [6.07, 6.45) is 3.60. The molecule has 0 unspecified atom stereocenters. The Labute approximate surface area is 147 Å². The summed E-state index contributed by atoms with van der Waals surface area (Å²) in [6, 6.07) is 7.43. The number of aromatic nitrogens is 1. The van der Waals surface area contributed by atoms with Crippen molar-refractivity contribution in [1.29, 1.82) is 0 Å². The van der Waals surface area contributed by atoms with Crippen LogP contribution in [0.4, 0.5) is 5.69 Å². The molecule has 1 aromatic heterocycles. The van der Waals surface area contributed by atoms with Crippen LogP contribution >= 0.6 is 0 Å². The lowest BCUT2D eigenvalue weighted by molar-refractivity contribution is -0.144. The fourth-order valence-corrected chi connectivity index (χ4v) is 3.44. The molecule has 0 radical (unpaired) electrons. The second-order valence-electron chi connectivity index (χ2n) is 7.07. The number of fused-ring (bicyclic) bond motifs is 1. The van der Waals surface area contributed by atoms with E-state index >= 15 is 0 Å². The van der Waals surface area contributed by atoms with Gasteiger partial charge in [0, 0.05) is 35.9 Å². The molecule has 2 amide bonds. The summed E-state index contributed by atoms with van der Waals surface area (Å²) in [5.41, 5.74) is 1.71. The van der Waals surface area contributed by atoms with Crippen LogP contribution in [0, 0.1) is 5.92 Å². The Morgan fingerprint density at radius 2 is 2.12 bits per heavy atom. The Balaban J connectivity index is 1.72. The van der Waals surface area contributed by atoms with E-state index in [1.54, 1.807) is 0 Å². The first-order valence-electron chi connectivity index (χ1n) is 8.81. The van der Waals surface area contributed by atoms with Gasteiger partial charge in [0.2, 0.25) is 0 Å². The van der Waals surface area contributed by atoms with Gasteiger partial charge in [-0.1, -0.05) is 13.8 Å². The molecule has 6 nitrogen and oxygen atoms in total. The van der Waals surface area contributed by atoms with Crippen molar-refractivity contribution in [3.63, 3.8) is 0 Å². The number of aliphatic hydroxyl groups is 1. The highest BCUT2D eigenvalue weighted by molar-refractivity contribution is 6.39. The van der Waals surface area contributed by atoms with Gasteiger partial charge in [0.1, 0.15) is 0 Å². The van der Waals surface area contributed by atoms with Crippen molar-refractivity contribution in [3.05, 3.63) is 30.5 Å². The number of nitrogens with zero attached hydrogens (tertiary/aromatic N) is 2. The van der Waals surface area contributed by atoms with Crippen LogP contribution in [0.15, 0.2) is 30.5 Å². The molecule has 25 heavy (non-hydrogen) atoms.